The number of nitrogens with zero attached hydrogens (tertiary/aromatic N) is 2. The van der Waals surface area contributed by atoms with Crippen LogP contribution in [0.1, 0.15) is 53.8 Å². The first-order chi connectivity index (χ1) is 22.6. The highest BCUT2D eigenvalue weighted by molar-refractivity contribution is 6.47. The Morgan fingerprint density at radius 3 is 2.63 bits per heavy atom. The van der Waals surface area contributed by atoms with Gasteiger partial charge in [-0.3, -0.25) is 0 Å². The summed E-state index contributed by atoms with van der Waals surface area (Å²) in [5, 5.41) is 0.906. The molecule has 0 unspecified atom stereocenters. The number of nitrogens with two attached hydrogens (primary N) is 1. The summed E-state index contributed by atoms with van der Waals surface area (Å²) in [5.41, 5.74) is 15.6. The summed E-state index contributed by atoms with van der Waals surface area (Å²) >= 11 is 0. The number of benzene rings is 2. The van der Waals surface area contributed by atoms with E-state index < -0.39 is 7.25 Å². The average molecular weight is 601 g/mol. The van der Waals surface area contributed by atoms with Crippen LogP contribution < -0.4 is 10.4 Å². The first-order valence-electron chi connectivity index (χ1n) is 15.4. The van der Waals surface area contributed by atoms with Gasteiger partial charge in [0.1, 0.15) is 34.4 Å². The van der Waals surface area contributed by atoms with Gasteiger partial charge in [-0.1, -0.05) is 79.4 Å². The van der Waals surface area contributed by atoms with Crippen molar-refractivity contribution in [1.82, 2.24) is 4.48 Å². The zero-order valence-electron chi connectivity index (χ0n) is 25.1. The number of rotatable bonds is 4. The molecule has 0 atom stereocenters. The SMILES string of the molecule is C=C/C=C(\C=C/C)c1cc2c3n4c(c2o1)/C(N)=C1\N=C(c2ccccc2OB4OC2=CCCC=C23)c2cc(-c3ccccc3)oc21. The Morgan fingerprint density at radius 1 is 0.957 bits per heavy atom. The topological polar surface area (TPSA) is 88.1 Å². The van der Waals surface area contributed by atoms with Crippen molar-refractivity contribution in [2.75, 3.05) is 0 Å². The zero-order chi connectivity index (χ0) is 30.9. The van der Waals surface area contributed by atoms with Gasteiger partial charge < -0.3 is 28.4 Å². The van der Waals surface area contributed by atoms with E-state index in [2.05, 4.69) is 24.8 Å². The molecule has 0 saturated carbocycles. The standard InChI is InChI=1S/C38H28BN3O4/c1-3-12-22(13-4-2)31-21-27-35-25-17-9-11-19-29(25)46-39-42(35)36(38(27)44-31)32(40)34-37-26(20-30(43-37)23-14-6-5-7-15-23)33(41-34)24-16-8-10-18-28(24)45-39/h3-8,10,12-21H,1,9,11,40H2,2H3/b13-4-,22-12+,34-32+. The summed E-state index contributed by atoms with van der Waals surface area (Å²) in [6.45, 7) is 5.89. The average Bonchev–Trinajstić information content (AvgIpc) is 3.85. The zero-order valence-corrected chi connectivity index (χ0v) is 25.1. The van der Waals surface area contributed by atoms with Gasteiger partial charge in [-0.05, 0) is 50.1 Å². The maximum absolute atomic E-state index is 7.23. The third-order valence-corrected chi connectivity index (χ3v) is 8.78. The molecule has 0 spiro atoms. The predicted octanol–water partition coefficient (Wildman–Crippen LogP) is 8.59. The number of aromatic nitrogens is 1. The third kappa shape index (κ3) is 3.76. The van der Waals surface area contributed by atoms with Gasteiger partial charge in [-0.15, -0.1) is 0 Å². The van der Waals surface area contributed by atoms with Crippen molar-refractivity contribution in [3.05, 3.63) is 150 Å². The van der Waals surface area contributed by atoms with Crippen molar-refractivity contribution in [3.63, 3.8) is 0 Å². The van der Waals surface area contributed by atoms with Gasteiger partial charge in [0, 0.05) is 33.2 Å². The molecule has 2 N–H and O–H groups in total. The van der Waals surface area contributed by atoms with E-state index in [9.17, 15) is 0 Å². The summed E-state index contributed by atoms with van der Waals surface area (Å²) in [7, 11) is -0.846. The molecule has 3 aliphatic heterocycles. The molecule has 0 amide bonds. The lowest BCUT2D eigenvalue weighted by Crippen LogP contribution is -2.41. The van der Waals surface area contributed by atoms with Crippen molar-refractivity contribution in [1.29, 1.82) is 0 Å². The van der Waals surface area contributed by atoms with E-state index in [-0.39, 0.29) is 0 Å². The number of furan rings is 2. The van der Waals surface area contributed by atoms with Gasteiger partial charge >= 0.3 is 7.25 Å². The van der Waals surface area contributed by atoms with Crippen molar-refractivity contribution < 1.29 is 18.1 Å². The Hall–Kier alpha value is -5.89. The number of fused-ring (bicyclic) bond motifs is 11. The maximum Gasteiger partial charge on any atom is 0.743 e. The minimum absolute atomic E-state index is 0.406. The summed E-state index contributed by atoms with van der Waals surface area (Å²) < 4.78 is 28.7. The molecule has 0 saturated heterocycles. The van der Waals surface area contributed by atoms with Crippen LogP contribution in [0.5, 0.6) is 5.75 Å². The lowest BCUT2D eigenvalue weighted by Gasteiger charge is -2.31. The highest BCUT2D eigenvalue weighted by atomic mass is 16.6. The summed E-state index contributed by atoms with van der Waals surface area (Å²) in [4.78, 5) is 5.14. The molecule has 1 aliphatic carbocycles. The summed E-state index contributed by atoms with van der Waals surface area (Å²) in [6, 6.07) is 22.0. The fourth-order valence-electron chi connectivity index (χ4n) is 6.80. The Bertz CT molecular complexity index is 2310. The van der Waals surface area contributed by atoms with E-state index in [0.29, 0.717) is 39.9 Å². The molecular weight excluding hydrogens is 573 g/mol. The minimum Gasteiger partial charge on any atom is -0.506 e. The first kappa shape index (κ1) is 26.5. The van der Waals surface area contributed by atoms with Crippen LogP contribution in [0.2, 0.25) is 0 Å². The normalized spacial score (nSPS) is 18.2. The molecule has 46 heavy (non-hydrogen) atoms. The Balaban J connectivity index is 1.39. The first-order valence-corrected chi connectivity index (χ1v) is 15.4. The van der Waals surface area contributed by atoms with Crippen molar-refractivity contribution in [3.8, 4) is 17.1 Å². The fourth-order valence-corrected chi connectivity index (χ4v) is 6.80. The fraction of sp³-hybridized carbons (Fsp3) is 0.0789. The van der Waals surface area contributed by atoms with Crippen molar-refractivity contribution in [2.24, 2.45) is 10.7 Å². The predicted molar refractivity (Wildman–Crippen MR) is 183 cm³/mol. The number of allylic oxidation sites excluding steroid dienone is 8. The molecule has 2 bridgehead atoms. The molecule has 9 rings (SSSR count). The van der Waals surface area contributed by atoms with Crippen LogP contribution in [0.25, 0.3) is 44.8 Å². The molecule has 5 aromatic rings. The molecule has 7 nitrogen and oxygen atoms in total. The number of para-hydroxylation sites is 1. The monoisotopic (exact) mass is 601 g/mol. The van der Waals surface area contributed by atoms with Crippen molar-refractivity contribution >= 4 is 46.5 Å². The molecular formula is C38H28BN3O4. The van der Waals surface area contributed by atoms with E-state index in [1.54, 1.807) is 6.08 Å². The number of hydrogen-bond acceptors (Lipinski definition) is 6. The van der Waals surface area contributed by atoms with Gasteiger partial charge in [0.2, 0.25) is 0 Å². The van der Waals surface area contributed by atoms with Crippen LogP contribution in [0.4, 0.5) is 0 Å². The highest BCUT2D eigenvalue weighted by Gasteiger charge is 2.45. The third-order valence-electron chi connectivity index (χ3n) is 8.78. The Kier molecular flexibility index (Phi) is 5.80. The van der Waals surface area contributed by atoms with Crippen LogP contribution in [0.15, 0.2) is 129 Å². The Labute approximate surface area is 265 Å². The van der Waals surface area contributed by atoms with Gasteiger partial charge in [0.05, 0.1) is 17.1 Å². The minimum atomic E-state index is -0.846. The Morgan fingerprint density at radius 2 is 1.78 bits per heavy atom. The van der Waals surface area contributed by atoms with Gasteiger partial charge in [0.25, 0.3) is 0 Å². The van der Waals surface area contributed by atoms with Crippen LogP contribution in [0.3, 0.4) is 0 Å². The van der Waals surface area contributed by atoms with Crippen LogP contribution in [-0.2, 0) is 4.65 Å². The lowest BCUT2D eigenvalue weighted by molar-refractivity contribution is 0.335. The largest absolute Gasteiger partial charge is 0.743 e. The van der Waals surface area contributed by atoms with E-state index in [4.69, 9.17) is 28.9 Å². The summed E-state index contributed by atoms with van der Waals surface area (Å²) in [6.07, 6.45) is 13.8. The van der Waals surface area contributed by atoms with E-state index >= 15 is 0 Å². The van der Waals surface area contributed by atoms with Crippen LogP contribution in [-0.4, -0.2) is 17.4 Å². The molecule has 3 aromatic heterocycles. The van der Waals surface area contributed by atoms with Crippen LogP contribution >= 0.6 is 0 Å². The maximum atomic E-state index is 7.23. The second-order valence-corrected chi connectivity index (χ2v) is 11.5. The molecule has 2 aromatic carbocycles. The van der Waals surface area contributed by atoms with Gasteiger partial charge in [-0.25, -0.2) is 4.99 Å². The molecule has 0 radical (unpaired) electrons. The van der Waals surface area contributed by atoms with E-state index in [0.717, 1.165) is 69.0 Å². The molecule has 0 fully saturated rings. The van der Waals surface area contributed by atoms with Crippen LogP contribution in [0, 0.1) is 0 Å². The molecule has 6 heterocycles. The summed E-state index contributed by atoms with van der Waals surface area (Å²) in [5.74, 6) is 3.46. The van der Waals surface area contributed by atoms with E-state index in [1.165, 1.54) is 0 Å². The highest BCUT2D eigenvalue weighted by Crippen LogP contribution is 2.48. The second kappa shape index (κ2) is 10.1. The second-order valence-electron chi connectivity index (χ2n) is 11.5. The molecule has 8 heteroatoms. The number of hydrogen-bond donors (Lipinski definition) is 1. The molecule has 222 valence electrons. The van der Waals surface area contributed by atoms with E-state index in [1.807, 2.05) is 90.3 Å². The number of aliphatic imine (C=N–C) groups is 1. The lowest BCUT2D eigenvalue weighted by atomic mass is 9.92. The quantitative estimate of drug-likeness (QED) is 0.165. The van der Waals surface area contributed by atoms with Gasteiger partial charge in [0.15, 0.2) is 11.3 Å². The smallest absolute Gasteiger partial charge is 0.506 e. The molecule has 4 aliphatic rings. The van der Waals surface area contributed by atoms with Crippen molar-refractivity contribution in [2.45, 2.75) is 19.8 Å². The van der Waals surface area contributed by atoms with Gasteiger partial charge in [-0.2, -0.15) is 0 Å².